The summed E-state index contributed by atoms with van der Waals surface area (Å²) in [5, 5.41) is 4.89. The lowest BCUT2D eigenvalue weighted by atomic mass is 9.95. The van der Waals surface area contributed by atoms with Crippen LogP contribution in [-0.4, -0.2) is 19.0 Å². The van der Waals surface area contributed by atoms with Crippen LogP contribution in [0.4, 0.5) is 5.69 Å². The lowest BCUT2D eigenvalue weighted by Gasteiger charge is -2.14. The average Bonchev–Trinajstić information content (AvgIpc) is 3.00. The van der Waals surface area contributed by atoms with Gasteiger partial charge in [-0.1, -0.05) is 6.07 Å². The van der Waals surface area contributed by atoms with Crippen LogP contribution in [0.25, 0.3) is 0 Å². The average molecular weight is 329 g/mol. The molecule has 0 fully saturated rings. The van der Waals surface area contributed by atoms with Gasteiger partial charge in [0.1, 0.15) is 0 Å². The number of hydrogen-bond donors (Lipinski definition) is 1. The van der Waals surface area contributed by atoms with Crippen LogP contribution >= 0.6 is 11.3 Å². The van der Waals surface area contributed by atoms with E-state index in [0.29, 0.717) is 11.3 Å². The van der Waals surface area contributed by atoms with Crippen molar-refractivity contribution in [3.8, 4) is 0 Å². The summed E-state index contributed by atoms with van der Waals surface area (Å²) in [6.45, 7) is 1.90. The molecule has 1 aliphatic rings. The number of esters is 1. The summed E-state index contributed by atoms with van der Waals surface area (Å²) in [6, 6.07) is 5.17. The smallest absolute Gasteiger partial charge is 0.337 e. The number of carbonyl (C=O) groups is 2. The van der Waals surface area contributed by atoms with Gasteiger partial charge < -0.3 is 10.1 Å². The highest BCUT2D eigenvalue weighted by molar-refractivity contribution is 7.10. The molecule has 23 heavy (non-hydrogen) atoms. The standard InChI is InChI=1S/C18H19NO3S/c1-11-7-8-12(18(21)22-2)9-15(11)19-17(20)14-10-23-16-6-4-3-5-13(14)16/h7-10H,3-6H2,1-2H3,(H,19,20). The zero-order chi connectivity index (χ0) is 16.4. The van der Waals surface area contributed by atoms with E-state index in [1.165, 1.54) is 24.0 Å². The van der Waals surface area contributed by atoms with Gasteiger partial charge in [0.15, 0.2) is 0 Å². The minimum atomic E-state index is -0.409. The molecule has 0 spiro atoms. The van der Waals surface area contributed by atoms with Crippen LogP contribution in [0.1, 0.15) is 49.6 Å². The SMILES string of the molecule is COC(=O)c1ccc(C)c(NC(=O)c2csc3c2CCCC3)c1. The Hall–Kier alpha value is -2.14. The Kier molecular flexibility index (Phi) is 4.48. The molecule has 0 saturated heterocycles. The number of benzene rings is 1. The largest absolute Gasteiger partial charge is 0.465 e. The van der Waals surface area contributed by atoms with Gasteiger partial charge in [-0.2, -0.15) is 0 Å². The summed E-state index contributed by atoms with van der Waals surface area (Å²) in [6.07, 6.45) is 4.39. The maximum absolute atomic E-state index is 12.6. The molecule has 0 atom stereocenters. The van der Waals surface area contributed by atoms with Gasteiger partial charge in [0, 0.05) is 15.9 Å². The van der Waals surface area contributed by atoms with Gasteiger partial charge in [-0.25, -0.2) is 4.79 Å². The fourth-order valence-corrected chi connectivity index (χ4v) is 4.00. The van der Waals surface area contributed by atoms with E-state index < -0.39 is 5.97 Å². The van der Waals surface area contributed by atoms with E-state index in [1.807, 2.05) is 18.4 Å². The number of rotatable bonds is 3. The van der Waals surface area contributed by atoms with E-state index in [1.54, 1.807) is 23.5 Å². The van der Waals surface area contributed by atoms with Crippen molar-refractivity contribution < 1.29 is 14.3 Å². The van der Waals surface area contributed by atoms with E-state index in [2.05, 4.69) is 5.32 Å². The van der Waals surface area contributed by atoms with Crippen LogP contribution in [0.5, 0.6) is 0 Å². The Bertz CT molecular complexity index is 764. The van der Waals surface area contributed by atoms with E-state index in [0.717, 1.165) is 30.4 Å². The third kappa shape index (κ3) is 3.15. The first-order valence-electron chi connectivity index (χ1n) is 7.69. The van der Waals surface area contributed by atoms with Gasteiger partial charge >= 0.3 is 5.97 Å². The van der Waals surface area contributed by atoms with Gasteiger partial charge in [0.2, 0.25) is 0 Å². The topological polar surface area (TPSA) is 55.4 Å². The summed E-state index contributed by atoms with van der Waals surface area (Å²) in [5.74, 6) is -0.511. The minimum absolute atomic E-state index is 0.102. The molecule has 1 aliphatic carbocycles. The van der Waals surface area contributed by atoms with Crippen LogP contribution < -0.4 is 5.32 Å². The van der Waals surface area contributed by atoms with Crippen LogP contribution in [0, 0.1) is 6.92 Å². The van der Waals surface area contributed by atoms with Crippen molar-refractivity contribution in [2.45, 2.75) is 32.6 Å². The highest BCUT2D eigenvalue weighted by Crippen LogP contribution is 2.31. The van der Waals surface area contributed by atoms with E-state index in [4.69, 9.17) is 4.74 Å². The van der Waals surface area contributed by atoms with Crippen LogP contribution in [-0.2, 0) is 17.6 Å². The Morgan fingerprint density at radius 2 is 2.00 bits per heavy atom. The molecule has 4 nitrogen and oxygen atoms in total. The Morgan fingerprint density at radius 1 is 1.22 bits per heavy atom. The molecular formula is C18H19NO3S. The molecule has 1 amide bonds. The highest BCUT2D eigenvalue weighted by atomic mass is 32.1. The number of fused-ring (bicyclic) bond motifs is 1. The third-order valence-corrected chi connectivity index (χ3v) is 5.30. The predicted molar refractivity (Wildman–Crippen MR) is 91.4 cm³/mol. The first-order chi connectivity index (χ1) is 11.1. The van der Waals surface area contributed by atoms with Crippen LogP contribution in [0.15, 0.2) is 23.6 Å². The zero-order valence-corrected chi connectivity index (χ0v) is 14.1. The zero-order valence-electron chi connectivity index (χ0n) is 13.3. The molecule has 1 heterocycles. The fraction of sp³-hybridized carbons (Fsp3) is 0.333. The molecule has 3 rings (SSSR count). The monoisotopic (exact) mass is 329 g/mol. The number of nitrogens with one attached hydrogen (secondary N) is 1. The molecule has 1 N–H and O–H groups in total. The van der Waals surface area contributed by atoms with Gasteiger partial charge in [-0.15, -0.1) is 11.3 Å². The number of methoxy groups -OCH3 is 1. The molecule has 0 saturated carbocycles. The summed E-state index contributed by atoms with van der Waals surface area (Å²) in [5.41, 5.74) is 3.96. The van der Waals surface area contributed by atoms with E-state index >= 15 is 0 Å². The van der Waals surface area contributed by atoms with E-state index in [9.17, 15) is 9.59 Å². The lowest BCUT2D eigenvalue weighted by molar-refractivity contribution is 0.0600. The van der Waals surface area contributed by atoms with Crippen LogP contribution in [0.2, 0.25) is 0 Å². The molecule has 0 radical (unpaired) electrons. The molecule has 0 bridgehead atoms. The second-order valence-corrected chi connectivity index (χ2v) is 6.70. The van der Waals surface area contributed by atoms with Crippen molar-refractivity contribution >= 4 is 28.9 Å². The van der Waals surface area contributed by atoms with Gasteiger partial charge in [-0.05, 0) is 55.9 Å². The molecule has 1 aromatic heterocycles. The predicted octanol–water partition coefficient (Wildman–Crippen LogP) is 3.97. The maximum atomic E-state index is 12.6. The molecule has 120 valence electrons. The number of carbonyl (C=O) groups excluding carboxylic acids is 2. The van der Waals surface area contributed by atoms with Crippen LogP contribution in [0.3, 0.4) is 0 Å². The number of aryl methyl sites for hydroxylation is 2. The summed E-state index contributed by atoms with van der Waals surface area (Å²) >= 11 is 1.67. The van der Waals surface area contributed by atoms with E-state index in [-0.39, 0.29) is 5.91 Å². The number of ether oxygens (including phenoxy) is 1. The van der Waals surface area contributed by atoms with Crippen molar-refractivity contribution in [2.75, 3.05) is 12.4 Å². The van der Waals surface area contributed by atoms with Crippen molar-refractivity contribution in [3.63, 3.8) is 0 Å². The number of anilines is 1. The van der Waals surface area contributed by atoms with Gasteiger partial charge in [0.25, 0.3) is 5.91 Å². The third-order valence-electron chi connectivity index (χ3n) is 4.21. The molecule has 1 aromatic carbocycles. The second-order valence-electron chi connectivity index (χ2n) is 5.73. The highest BCUT2D eigenvalue weighted by Gasteiger charge is 2.20. The first-order valence-corrected chi connectivity index (χ1v) is 8.57. The Balaban J connectivity index is 1.85. The number of amides is 1. The van der Waals surface area contributed by atoms with Crippen molar-refractivity contribution in [1.82, 2.24) is 0 Å². The molecular weight excluding hydrogens is 310 g/mol. The number of hydrogen-bond acceptors (Lipinski definition) is 4. The fourth-order valence-electron chi connectivity index (χ4n) is 2.88. The first kappa shape index (κ1) is 15.7. The van der Waals surface area contributed by atoms with Crippen molar-refractivity contribution in [3.05, 3.63) is 50.7 Å². The van der Waals surface area contributed by atoms with Crippen molar-refractivity contribution in [1.29, 1.82) is 0 Å². The van der Waals surface area contributed by atoms with Gasteiger partial charge in [0.05, 0.1) is 18.2 Å². The summed E-state index contributed by atoms with van der Waals surface area (Å²) < 4.78 is 4.73. The summed E-state index contributed by atoms with van der Waals surface area (Å²) in [4.78, 5) is 25.6. The quantitative estimate of drug-likeness (QED) is 0.867. The molecule has 2 aromatic rings. The van der Waals surface area contributed by atoms with Gasteiger partial charge in [-0.3, -0.25) is 4.79 Å². The normalized spacial score (nSPS) is 13.3. The molecule has 0 unspecified atom stereocenters. The Labute approximate surface area is 139 Å². The molecule has 5 heteroatoms. The maximum Gasteiger partial charge on any atom is 0.337 e. The Morgan fingerprint density at radius 3 is 2.78 bits per heavy atom. The number of thiophene rings is 1. The second kappa shape index (κ2) is 6.54. The van der Waals surface area contributed by atoms with Crippen molar-refractivity contribution in [2.24, 2.45) is 0 Å². The lowest BCUT2D eigenvalue weighted by Crippen LogP contribution is -2.15. The molecule has 0 aliphatic heterocycles. The minimum Gasteiger partial charge on any atom is -0.465 e. The summed E-state index contributed by atoms with van der Waals surface area (Å²) in [7, 11) is 1.35.